The van der Waals surface area contributed by atoms with Gasteiger partial charge < -0.3 is 19.7 Å². The fourth-order valence-electron chi connectivity index (χ4n) is 10.4. The van der Waals surface area contributed by atoms with Gasteiger partial charge in [0.05, 0.1) is 12.7 Å². The predicted molar refractivity (Wildman–Crippen MR) is 149 cm³/mol. The fraction of sp³-hybridized carbons (Fsp3) is 0.969. The van der Waals surface area contributed by atoms with Gasteiger partial charge >= 0.3 is 0 Å². The zero-order chi connectivity index (χ0) is 26.4. The lowest BCUT2D eigenvalue weighted by Gasteiger charge is -2.61. The van der Waals surface area contributed by atoms with E-state index in [4.69, 9.17) is 9.47 Å². The van der Waals surface area contributed by atoms with Crippen molar-refractivity contribution < 1.29 is 14.3 Å². The molecule has 0 aromatic heterocycles. The third-order valence-electron chi connectivity index (χ3n) is 12.4. The van der Waals surface area contributed by atoms with E-state index < -0.39 is 0 Å². The van der Waals surface area contributed by atoms with Crippen LogP contribution < -0.4 is 5.32 Å². The molecule has 1 N–H and O–H groups in total. The number of carbonyl (C=O) groups excluding carboxylic acids is 1. The number of hydrogen-bond acceptors (Lipinski definition) is 4. The lowest BCUT2D eigenvalue weighted by atomic mass is 9.44. The van der Waals surface area contributed by atoms with Crippen LogP contribution in [-0.4, -0.2) is 57.0 Å². The molecule has 4 saturated carbocycles. The Bertz CT molecular complexity index is 803. The van der Waals surface area contributed by atoms with E-state index >= 15 is 0 Å². The first-order valence-electron chi connectivity index (χ1n) is 15.7. The van der Waals surface area contributed by atoms with Crippen molar-refractivity contribution in [2.24, 2.45) is 52.3 Å². The summed E-state index contributed by atoms with van der Waals surface area (Å²) in [5.74, 6) is 5.52. The molecule has 212 valence electrons. The number of fused-ring (bicyclic) bond motifs is 7. The summed E-state index contributed by atoms with van der Waals surface area (Å²) < 4.78 is 12.5. The van der Waals surface area contributed by atoms with Crippen LogP contribution in [-0.2, 0) is 14.3 Å². The Morgan fingerprint density at radius 3 is 2.51 bits per heavy atom. The Morgan fingerprint density at radius 1 is 0.946 bits per heavy atom. The van der Waals surface area contributed by atoms with Crippen molar-refractivity contribution in [2.75, 3.05) is 34.0 Å². The Labute approximate surface area is 227 Å². The topological polar surface area (TPSA) is 50.8 Å². The summed E-state index contributed by atoms with van der Waals surface area (Å²) in [4.78, 5) is 14.6. The molecule has 5 aliphatic rings. The highest BCUT2D eigenvalue weighted by Crippen LogP contribution is 2.68. The average Bonchev–Trinajstić information content (AvgIpc) is 3.16. The minimum atomic E-state index is 0.240. The molecule has 37 heavy (non-hydrogen) atoms. The molecule has 1 amide bonds. The van der Waals surface area contributed by atoms with Crippen LogP contribution in [0.2, 0.25) is 0 Å². The Morgan fingerprint density at radius 2 is 1.73 bits per heavy atom. The average molecular weight is 517 g/mol. The lowest BCUT2D eigenvalue weighted by molar-refractivity contribution is -0.136. The number of carbonyl (C=O) groups is 1. The SMILES string of the molecule is C[C@H]1CC[C@@H](C)[C@H]2[C@H](C[C@H]3[C@@H]4CC[C@@H]5C[C@@H](NC(=O)CCN(C)C)CC[C@]5(C)[C@H]4CC[C@]23C)OCOC1. The van der Waals surface area contributed by atoms with Crippen LogP contribution in [0.15, 0.2) is 0 Å². The molecule has 1 saturated heterocycles. The van der Waals surface area contributed by atoms with Crippen LogP contribution >= 0.6 is 0 Å². The van der Waals surface area contributed by atoms with Crippen molar-refractivity contribution >= 4 is 5.91 Å². The number of amides is 1. The van der Waals surface area contributed by atoms with Crippen molar-refractivity contribution in [2.45, 2.75) is 110 Å². The molecule has 0 bridgehead atoms. The normalized spacial score (nSPS) is 48.4. The monoisotopic (exact) mass is 516 g/mol. The first-order valence-corrected chi connectivity index (χ1v) is 15.7. The summed E-state index contributed by atoms with van der Waals surface area (Å²) in [7, 11) is 4.08. The Kier molecular flexibility index (Phi) is 8.36. The van der Waals surface area contributed by atoms with Gasteiger partial charge in [0, 0.05) is 19.0 Å². The van der Waals surface area contributed by atoms with Gasteiger partial charge in [0.2, 0.25) is 5.91 Å². The molecule has 5 fully saturated rings. The molecule has 11 atom stereocenters. The zero-order valence-corrected chi connectivity index (χ0v) is 24.8. The molecule has 1 heterocycles. The number of nitrogens with one attached hydrogen (secondary N) is 1. The molecule has 5 nitrogen and oxygen atoms in total. The van der Waals surface area contributed by atoms with Crippen LogP contribution in [0.25, 0.3) is 0 Å². The van der Waals surface area contributed by atoms with Gasteiger partial charge in [-0.1, -0.05) is 27.7 Å². The van der Waals surface area contributed by atoms with E-state index in [0.717, 1.165) is 49.2 Å². The molecule has 5 rings (SSSR count). The van der Waals surface area contributed by atoms with E-state index in [0.29, 0.717) is 48.0 Å². The van der Waals surface area contributed by atoms with Crippen LogP contribution in [0.5, 0.6) is 0 Å². The maximum absolute atomic E-state index is 12.5. The molecule has 0 unspecified atom stereocenters. The van der Waals surface area contributed by atoms with Crippen molar-refractivity contribution in [1.29, 1.82) is 0 Å². The van der Waals surface area contributed by atoms with Crippen molar-refractivity contribution in [3.8, 4) is 0 Å². The highest BCUT2D eigenvalue weighted by atomic mass is 16.7. The van der Waals surface area contributed by atoms with E-state index in [1.807, 2.05) is 14.1 Å². The van der Waals surface area contributed by atoms with Crippen LogP contribution in [0, 0.1) is 52.3 Å². The second-order valence-electron chi connectivity index (χ2n) is 14.9. The van der Waals surface area contributed by atoms with Gasteiger partial charge in [-0.2, -0.15) is 0 Å². The summed E-state index contributed by atoms with van der Waals surface area (Å²) in [6.07, 6.45) is 14.0. The Balaban J connectivity index is 1.27. The minimum absolute atomic E-state index is 0.240. The van der Waals surface area contributed by atoms with E-state index in [2.05, 4.69) is 37.9 Å². The van der Waals surface area contributed by atoms with Gasteiger partial charge in [0.15, 0.2) is 0 Å². The largest absolute Gasteiger partial charge is 0.355 e. The molecular weight excluding hydrogens is 460 g/mol. The highest BCUT2D eigenvalue weighted by molar-refractivity contribution is 5.76. The van der Waals surface area contributed by atoms with Crippen LogP contribution in [0.3, 0.4) is 0 Å². The molecule has 0 radical (unpaired) electrons. The summed E-state index contributed by atoms with van der Waals surface area (Å²) >= 11 is 0. The third kappa shape index (κ3) is 5.40. The number of nitrogens with zero attached hydrogens (tertiary/aromatic N) is 1. The molecule has 4 aliphatic carbocycles. The summed E-state index contributed by atoms with van der Waals surface area (Å²) in [6.45, 7) is 12.3. The minimum Gasteiger partial charge on any atom is -0.355 e. The molecule has 0 spiro atoms. The predicted octanol–water partition coefficient (Wildman–Crippen LogP) is 6.12. The van der Waals surface area contributed by atoms with Gasteiger partial charge in [-0.3, -0.25) is 4.79 Å². The van der Waals surface area contributed by atoms with Gasteiger partial charge in [-0.25, -0.2) is 0 Å². The zero-order valence-electron chi connectivity index (χ0n) is 24.8. The maximum Gasteiger partial charge on any atom is 0.221 e. The number of rotatable bonds is 4. The highest BCUT2D eigenvalue weighted by Gasteiger charge is 2.63. The molecule has 0 aromatic carbocycles. The van der Waals surface area contributed by atoms with Crippen LogP contribution in [0.4, 0.5) is 0 Å². The van der Waals surface area contributed by atoms with Crippen molar-refractivity contribution in [1.82, 2.24) is 10.2 Å². The molecule has 1 aliphatic heterocycles. The molecule has 5 heteroatoms. The van der Waals surface area contributed by atoms with E-state index in [1.54, 1.807) is 0 Å². The van der Waals surface area contributed by atoms with Gasteiger partial charge in [0.25, 0.3) is 0 Å². The standard InChI is InChI=1S/C32H56N2O3/c1-21-7-8-22(2)30-28(37-20-36-19-21)18-27-25-10-9-23-17-24(33-29(35)13-16-34(5)6)11-14-31(23,3)26(25)12-15-32(27,30)4/h21-28,30H,7-20H2,1-6H3,(H,33,35)/t21-,22+,23+,24-,25+,26-,27-,28-,30-,31-,32-/m0/s1. The van der Waals surface area contributed by atoms with E-state index in [9.17, 15) is 4.79 Å². The van der Waals surface area contributed by atoms with Gasteiger partial charge in [-0.05, 0) is 131 Å². The fourth-order valence-corrected chi connectivity index (χ4v) is 10.4. The van der Waals surface area contributed by atoms with Crippen molar-refractivity contribution in [3.63, 3.8) is 0 Å². The van der Waals surface area contributed by atoms with Crippen molar-refractivity contribution in [3.05, 3.63) is 0 Å². The summed E-state index contributed by atoms with van der Waals surface area (Å²) in [5, 5.41) is 3.41. The van der Waals surface area contributed by atoms with Gasteiger partial charge in [-0.15, -0.1) is 0 Å². The van der Waals surface area contributed by atoms with Crippen LogP contribution in [0.1, 0.15) is 98.3 Å². The molecule has 0 aromatic rings. The lowest BCUT2D eigenvalue weighted by Crippen LogP contribution is -2.55. The van der Waals surface area contributed by atoms with Gasteiger partial charge in [0.1, 0.15) is 6.79 Å². The first-order chi connectivity index (χ1) is 17.6. The maximum atomic E-state index is 12.5. The Hall–Kier alpha value is -0.650. The summed E-state index contributed by atoms with van der Waals surface area (Å²) in [6, 6.07) is 0.379. The summed E-state index contributed by atoms with van der Waals surface area (Å²) in [5.41, 5.74) is 0.852. The van der Waals surface area contributed by atoms with E-state index in [-0.39, 0.29) is 5.91 Å². The third-order valence-corrected chi connectivity index (χ3v) is 12.4. The first kappa shape index (κ1) is 27.9. The second kappa shape index (κ2) is 11.1. The number of ether oxygens (including phenoxy) is 2. The number of hydrogen-bond donors (Lipinski definition) is 1. The quantitative estimate of drug-likeness (QED) is 0.489. The van der Waals surface area contributed by atoms with E-state index in [1.165, 1.54) is 57.8 Å². The molecular formula is C32H56N2O3. The second-order valence-corrected chi connectivity index (χ2v) is 14.9. The smallest absolute Gasteiger partial charge is 0.221 e.